The highest BCUT2D eigenvalue weighted by Crippen LogP contribution is 2.01. The van der Waals surface area contributed by atoms with Crippen molar-refractivity contribution in [2.45, 2.75) is 13.8 Å². The van der Waals surface area contributed by atoms with Crippen LogP contribution in [0.4, 0.5) is 5.95 Å². The molecule has 1 aliphatic rings. The first-order valence-electron chi connectivity index (χ1n) is 7.17. The van der Waals surface area contributed by atoms with Gasteiger partial charge >= 0.3 is 0 Å². The summed E-state index contributed by atoms with van der Waals surface area (Å²) in [5.41, 5.74) is 7.65. The van der Waals surface area contributed by atoms with E-state index in [1.54, 1.807) is 4.90 Å². The molecule has 1 aliphatic heterocycles. The van der Waals surface area contributed by atoms with Crippen LogP contribution >= 0.6 is 12.2 Å². The molecule has 0 radical (unpaired) electrons. The molecule has 0 spiro atoms. The fourth-order valence-corrected chi connectivity index (χ4v) is 2.35. The van der Waals surface area contributed by atoms with Gasteiger partial charge in [-0.15, -0.1) is 0 Å². The molecule has 0 atom stereocenters. The second-order valence-electron chi connectivity index (χ2n) is 5.09. The van der Waals surface area contributed by atoms with Crippen LogP contribution in [0.5, 0.6) is 0 Å². The number of ether oxygens (including phenoxy) is 1. The van der Waals surface area contributed by atoms with Crippen molar-refractivity contribution in [3.63, 3.8) is 0 Å². The molecule has 2 rings (SSSR count). The summed E-state index contributed by atoms with van der Waals surface area (Å²) in [5, 5.41) is 3.72. The molecule has 1 fully saturated rings. The predicted molar refractivity (Wildman–Crippen MR) is 85.2 cm³/mol. The zero-order valence-electron chi connectivity index (χ0n) is 12.5. The first-order chi connectivity index (χ1) is 10.1. The van der Waals surface area contributed by atoms with E-state index in [0.29, 0.717) is 11.1 Å². The molecule has 0 unspecified atom stereocenters. The highest BCUT2D eigenvalue weighted by atomic mass is 32.1. The third kappa shape index (κ3) is 5.78. The highest BCUT2D eigenvalue weighted by molar-refractivity contribution is 7.80. The van der Waals surface area contributed by atoms with Gasteiger partial charge in [-0.05, 0) is 32.1 Å². The van der Waals surface area contributed by atoms with Crippen LogP contribution in [0.2, 0.25) is 0 Å². The number of morpholine rings is 1. The number of rotatable bonds is 5. The molecule has 0 amide bonds. The van der Waals surface area contributed by atoms with E-state index in [1.165, 1.54) is 0 Å². The fourth-order valence-electron chi connectivity index (χ4n) is 2.20. The van der Waals surface area contributed by atoms with E-state index >= 15 is 0 Å². The summed E-state index contributed by atoms with van der Waals surface area (Å²) in [5.74, 6) is 0.524. The molecule has 1 aromatic heterocycles. The smallest absolute Gasteiger partial charge is 0.242 e. The molecular formula is C13H23N6OS+. The molecule has 8 heteroatoms. The van der Waals surface area contributed by atoms with Crippen LogP contribution in [-0.4, -0.2) is 54.5 Å². The van der Waals surface area contributed by atoms with E-state index in [0.717, 1.165) is 50.8 Å². The topological polar surface area (TPSA) is 75.5 Å². The molecule has 2 heterocycles. The van der Waals surface area contributed by atoms with Gasteiger partial charge in [-0.2, -0.15) is 0 Å². The number of quaternary nitrogens is 1. The standard InChI is InChI=1S/C13H22N6OS/c1-10-9-11(2)16-12(15-10)17-18-13(21)14-3-4-19-5-7-20-8-6-19/h9H,3-8H2,1-2H3,(H2,14,18,21)(H,15,16,17)/p+1. The fraction of sp³-hybridized carbons (Fsp3) is 0.615. The second-order valence-corrected chi connectivity index (χ2v) is 5.50. The lowest BCUT2D eigenvalue weighted by molar-refractivity contribution is -0.906. The van der Waals surface area contributed by atoms with Gasteiger partial charge in [0.15, 0.2) is 5.11 Å². The number of aromatic nitrogens is 2. The maximum absolute atomic E-state index is 5.33. The number of nitrogens with one attached hydrogen (secondary N) is 4. The van der Waals surface area contributed by atoms with Crippen LogP contribution in [0.25, 0.3) is 0 Å². The third-order valence-corrected chi connectivity index (χ3v) is 3.48. The maximum atomic E-state index is 5.33. The molecule has 4 N–H and O–H groups in total. The molecule has 1 aromatic rings. The van der Waals surface area contributed by atoms with Gasteiger partial charge in [0.25, 0.3) is 0 Å². The Kier molecular flexibility index (Phi) is 6.09. The Morgan fingerprint density at radius 2 is 1.95 bits per heavy atom. The summed E-state index contributed by atoms with van der Waals surface area (Å²) in [6.07, 6.45) is 0. The Bertz CT molecular complexity index is 457. The Hall–Kier alpha value is -1.51. The average molecular weight is 311 g/mol. The summed E-state index contributed by atoms with van der Waals surface area (Å²) in [7, 11) is 0. The van der Waals surface area contributed by atoms with Crippen LogP contribution < -0.4 is 21.1 Å². The van der Waals surface area contributed by atoms with Crippen LogP contribution in [0.1, 0.15) is 11.4 Å². The van der Waals surface area contributed by atoms with E-state index in [4.69, 9.17) is 17.0 Å². The van der Waals surface area contributed by atoms with Crippen molar-refractivity contribution in [1.29, 1.82) is 0 Å². The molecule has 21 heavy (non-hydrogen) atoms. The number of nitrogens with zero attached hydrogens (tertiary/aromatic N) is 2. The lowest BCUT2D eigenvalue weighted by Crippen LogP contribution is -3.14. The van der Waals surface area contributed by atoms with Crippen LogP contribution in [0.3, 0.4) is 0 Å². The summed E-state index contributed by atoms with van der Waals surface area (Å²) in [4.78, 5) is 10.1. The molecular weight excluding hydrogens is 288 g/mol. The van der Waals surface area contributed by atoms with Gasteiger partial charge in [0, 0.05) is 11.4 Å². The minimum absolute atomic E-state index is 0.524. The van der Waals surface area contributed by atoms with Crippen LogP contribution in [-0.2, 0) is 4.74 Å². The second kappa shape index (κ2) is 8.06. The van der Waals surface area contributed by atoms with Crippen molar-refractivity contribution in [1.82, 2.24) is 20.7 Å². The van der Waals surface area contributed by atoms with Crippen molar-refractivity contribution in [2.24, 2.45) is 0 Å². The third-order valence-electron chi connectivity index (χ3n) is 3.23. The monoisotopic (exact) mass is 311 g/mol. The van der Waals surface area contributed by atoms with Gasteiger partial charge in [0.2, 0.25) is 5.95 Å². The van der Waals surface area contributed by atoms with Gasteiger partial charge in [-0.25, -0.2) is 9.97 Å². The van der Waals surface area contributed by atoms with Gasteiger partial charge < -0.3 is 15.0 Å². The Morgan fingerprint density at radius 3 is 2.62 bits per heavy atom. The zero-order valence-corrected chi connectivity index (χ0v) is 13.3. The summed E-state index contributed by atoms with van der Waals surface area (Å²) in [6, 6.07) is 1.92. The van der Waals surface area contributed by atoms with Gasteiger partial charge in [-0.3, -0.25) is 10.9 Å². The lowest BCUT2D eigenvalue weighted by Gasteiger charge is -2.24. The highest BCUT2D eigenvalue weighted by Gasteiger charge is 2.12. The van der Waals surface area contributed by atoms with Gasteiger partial charge in [-0.1, -0.05) is 0 Å². The summed E-state index contributed by atoms with van der Waals surface area (Å²) >= 11 is 5.21. The normalized spacial score (nSPS) is 15.5. The molecule has 1 saturated heterocycles. The minimum atomic E-state index is 0.524. The van der Waals surface area contributed by atoms with Gasteiger partial charge in [0.1, 0.15) is 13.1 Å². The average Bonchev–Trinajstić information content (AvgIpc) is 2.45. The quantitative estimate of drug-likeness (QED) is 0.402. The SMILES string of the molecule is Cc1cc(C)nc(NNC(=S)NCC[NH+]2CCOCC2)n1. The van der Waals surface area contributed by atoms with Crippen molar-refractivity contribution < 1.29 is 9.64 Å². The summed E-state index contributed by atoms with van der Waals surface area (Å²) in [6.45, 7) is 9.56. The van der Waals surface area contributed by atoms with Gasteiger partial charge in [0.05, 0.1) is 26.3 Å². The number of aryl methyl sites for hydroxylation is 2. The number of hydrogen-bond acceptors (Lipinski definition) is 5. The minimum Gasteiger partial charge on any atom is -0.370 e. The maximum Gasteiger partial charge on any atom is 0.242 e. The Morgan fingerprint density at radius 1 is 1.29 bits per heavy atom. The van der Waals surface area contributed by atoms with Crippen molar-refractivity contribution in [2.75, 3.05) is 44.8 Å². The first kappa shape index (κ1) is 15.9. The zero-order chi connectivity index (χ0) is 15.1. The number of hydrogen-bond donors (Lipinski definition) is 4. The number of thiocarbonyl (C=S) groups is 1. The Balaban J connectivity index is 1.65. The van der Waals surface area contributed by atoms with E-state index in [-0.39, 0.29) is 0 Å². The number of anilines is 1. The predicted octanol–water partition coefficient (Wildman–Crippen LogP) is -1.20. The van der Waals surface area contributed by atoms with Crippen LogP contribution in [0, 0.1) is 13.8 Å². The van der Waals surface area contributed by atoms with E-state index < -0.39 is 0 Å². The molecule has 0 aromatic carbocycles. The van der Waals surface area contributed by atoms with E-state index in [9.17, 15) is 0 Å². The Labute approximate surface area is 130 Å². The molecule has 0 saturated carbocycles. The van der Waals surface area contributed by atoms with E-state index in [1.807, 2.05) is 19.9 Å². The van der Waals surface area contributed by atoms with Crippen LogP contribution in [0.15, 0.2) is 6.07 Å². The van der Waals surface area contributed by atoms with Crippen molar-refractivity contribution in [3.8, 4) is 0 Å². The summed E-state index contributed by atoms with van der Waals surface area (Å²) < 4.78 is 5.33. The number of hydrazine groups is 1. The largest absolute Gasteiger partial charge is 0.370 e. The molecule has 0 bridgehead atoms. The molecule has 0 aliphatic carbocycles. The van der Waals surface area contributed by atoms with Crippen molar-refractivity contribution in [3.05, 3.63) is 17.5 Å². The molecule has 116 valence electrons. The lowest BCUT2D eigenvalue weighted by atomic mass is 10.4. The first-order valence-corrected chi connectivity index (χ1v) is 7.58. The molecule has 7 nitrogen and oxygen atoms in total. The van der Waals surface area contributed by atoms with Crippen molar-refractivity contribution >= 4 is 23.3 Å². The van der Waals surface area contributed by atoms with E-state index in [2.05, 4.69) is 26.1 Å².